The quantitative estimate of drug-likeness (QED) is 0.826. The Balaban J connectivity index is 1.81. The van der Waals surface area contributed by atoms with Crippen molar-refractivity contribution >= 4 is 11.7 Å². The number of hydrogen-bond acceptors (Lipinski definition) is 2. The van der Waals surface area contributed by atoms with Gasteiger partial charge in [-0.2, -0.15) is 0 Å². The zero-order valence-electron chi connectivity index (χ0n) is 9.36. The first-order chi connectivity index (χ1) is 7.60. The van der Waals surface area contributed by atoms with Crippen molar-refractivity contribution in [1.29, 1.82) is 0 Å². The van der Waals surface area contributed by atoms with E-state index < -0.39 is 5.97 Å². The number of carbonyl (C=O) groups is 1. The fraction of sp³-hybridized carbons (Fsp3) is 0.462. The van der Waals surface area contributed by atoms with Gasteiger partial charge in [0.2, 0.25) is 0 Å². The van der Waals surface area contributed by atoms with Crippen LogP contribution in [0, 0.1) is 12.3 Å². The Bertz CT molecular complexity index is 455. The Morgan fingerprint density at radius 2 is 2.06 bits per heavy atom. The second-order valence-electron chi connectivity index (χ2n) is 5.16. The normalized spacial score (nSPS) is 20.7. The maximum absolute atomic E-state index is 10.9. The van der Waals surface area contributed by atoms with Gasteiger partial charge in [-0.3, -0.25) is 0 Å². The van der Waals surface area contributed by atoms with E-state index in [-0.39, 0.29) is 0 Å². The lowest BCUT2D eigenvalue weighted by molar-refractivity contribution is 0.0696. The zero-order chi connectivity index (χ0) is 11.3. The molecule has 1 saturated heterocycles. The molecule has 3 rings (SSSR count). The van der Waals surface area contributed by atoms with Gasteiger partial charge < -0.3 is 10.0 Å². The molecule has 2 fully saturated rings. The molecule has 0 unspecified atom stereocenters. The van der Waals surface area contributed by atoms with E-state index in [1.165, 1.54) is 18.5 Å². The van der Waals surface area contributed by atoms with Gasteiger partial charge >= 0.3 is 5.97 Å². The van der Waals surface area contributed by atoms with E-state index in [2.05, 4.69) is 4.90 Å². The minimum Gasteiger partial charge on any atom is -0.478 e. The average molecular weight is 217 g/mol. The van der Waals surface area contributed by atoms with Crippen LogP contribution in [0.15, 0.2) is 18.2 Å². The van der Waals surface area contributed by atoms with Gasteiger partial charge in [-0.05, 0) is 43.5 Å². The Hall–Kier alpha value is -1.51. The highest BCUT2D eigenvalue weighted by atomic mass is 16.4. The first-order valence-corrected chi connectivity index (χ1v) is 5.69. The maximum Gasteiger partial charge on any atom is 0.335 e. The van der Waals surface area contributed by atoms with E-state index in [9.17, 15) is 4.79 Å². The summed E-state index contributed by atoms with van der Waals surface area (Å²) in [5, 5.41) is 8.95. The summed E-state index contributed by atoms with van der Waals surface area (Å²) < 4.78 is 0. The van der Waals surface area contributed by atoms with Crippen LogP contribution in [0.25, 0.3) is 0 Å². The van der Waals surface area contributed by atoms with Crippen molar-refractivity contribution in [3.8, 4) is 0 Å². The predicted molar refractivity (Wildman–Crippen MR) is 62.0 cm³/mol. The lowest BCUT2D eigenvalue weighted by Crippen LogP contribution is -2.48. The summed E-state index contributed by atoms with van der Waals surface area (Å²) in [5.41, 5.74) is 3.06. The number of carboxylic acid groups (broad SMARTS) is 1. The molecule has 1 aromatic rings. The van der Waals surface area contributed by atoms with Crippen molar-refractivity contribution in [1.82, 2.24) is 0 Å². The topological polar surface area (TPSA) is 40.5 Å². The van der Waals surface area contributed by atoms with Crippen LogP contribution in [0.5, 0.6) is 0 Å². The van der Waals surface area contributed by atoms with Crippen LogP contribution in [0.4, 0.5) is 5.69 Å². The molecule has 2 aliphatic rings. The van der Waals surface area contributed by atoms with Crippen molar-refractivity contribution in [3.05, 3.63) is 29.3 Å². The molecule has 1 spiro atoms. The predicted octanol–water partition coefficient (Wildman–Crippen LogP) is 2.29. The van der Waals surface area contributed by atoms with E-state index in [4.69, 9.17) is 5.11 Å². The second kappa shape index (κ2) is 3.00. The fourth-order valence-corrected chi connectivity index (χ4v) is 2.52. The number of hydrogen-bond donors (Lipinski definition) is 1. The summed E-state index contributed by atoms with van der Waals surface area (Å²) in [5.74, 6) is -0.841. The molecule has 84 valence electrons. The van der Waals surface area contributed by atoms with Crippen molar-refractivity contribution in [3.63, 3.8) is 0 Å². The van der Waals surface area contributed by atoms with Gasteiger partial charge in [0.05, 0.1) is 5.56 Å². The molecule has 1 aliphatic heterocycles. The van der Waals surface area contributed by atoms with E-state index in [1.54, 1.807) is 6.07 Å². The van der Waals surface area contributed by atoms with E-state index in [0.717, 1.165) is 18.7 Å². The SMILES string of the molecule is Cc1cc(N2CC3(CC3)C2)ccc1C(=O)O. The molecule has 0 amide bonds. The Labute approximate surface area is 94.7 Å². The van der Waals surface area contributed by atoms with Gasteiger partial charge in [-0.15, -0.1) is 0 Å². The number of anilines is 1. The van der Waals surface area contributed by atoms with E-state index in [0.29, 0.717) is 11.0 Å². The molecule has 0 radical (unpaired) electrons. The molecule has 3 heteroatoms. The van der Waals surface area contributed by atoms with Crippen LogP contribution < -0.4 is 4.90 Å². The zero-order valence-corrected chi connectivity index (χ0v) is 9.36. The molecule has 1 heterocycles. The largest absolute Gasteiger partial charge is 0.478 e. The summed E-state index contributed by atoms with van der Waals surface area (Å²) in [4.78, 5) is 13.2. The number of aryl methyl sites for hydroxylation is 1. The molecule has 0 aromatic heterocycles. The number of aromatic carboxylic acids is 1. The summed E-state index contributed by atoms with van der Waals surface area (Å²) in [6.45, 7) is 4.16. The lowest BCUT2D eigenvalue weighted by atomic mass is 9.95. The van der Waals surface area contributed by atoms with Gasteiger partial charge in [-0.25, -0.2) is 4.79 Å². The summed E-state index contributed by atoms with van der Waals surface area (Å²) in [7, 11) is 0. The molecule has 0 atom stereocenters. The molecule has 16 heavy (non-hydrogen) atoms. The van der Waals surface area contributed by atoms with Crippen LogP contribution in [-0.2, 0) is 0 Å². The number of rotatable bonds is 2. The second-order valence-corrected chi connectivity index (χ2v) is 5.16. The number of carboxylic acids is 1. The molecule has 1 N–H and O–H groups in total. The number of benzene rings is 1. The van der Waals surface area contributed by atoms with Gasteiger partial charge in [0.25, 0.3) is 0 Å². The third kappa shape index (κ3) is 1.39. The monoisotopic (exact) mass is 217 g/mol. The first-order valence-electron chi connectivity index (χ1n) is 5.69. The van der Waals surface area contributed by atoms with E-state index in [1.807, 2.05) is 19.1 Å². The van der Waals surface area contributed by atoms with Gasteiger partial charge in [0.1, 0.15) is 0 Å². The minimum absolute atomic E-state index is 0.408. The van der Waals surface area contributed by atoms with Crippen molar-refractivity contribution in [2.45, 2.75) is 19.8 Å². The molecule has 3 nitrogen and oxygen atoms in total. The summed E-state index contributed by atoms with van der Waals surface area (Å²) in [6.07, 6.45) is 2.74. The highest BCUT2D eigenvalue weighted by Gasteiger charge is 2.52. The smallest absolute Gasteiger partial charge is 0.335 e. The minimum atomic E-state index is -0.841. The number of nitrogens with zero attached hydrogens (tertiary/aromatic N) is 1. The maximum atomic E-state index is 10.9. The third-order valence-corrected chi connectivity index (χ3v) is 3.82. The molecule has 1 saturated carbocycles. The van der Waals surface area contributed by atoms with Crippen LogP contribution >= 0.6 is 0 Å². The van der Waals surface area contributed by atoms with Gasteiger partial charge in [0, 0.05) is 24.2 Å². The Morgan fingerprint density at radius 1 is 1.38 bits per heavy atom. The van der Waals surface area contributed by atoms with Gasteiger partial charge in [-0.1, -0.05) is 0 Å². The average Bonchev–Trinajstić information content (AvgIpc) is 2.94. The van der Waals surface area contributed by atoms with Crippen LogP contribution in [-0.4, -0.2) is 24.2 Å². The fourth-order valence-electron chi connectivity index (χ4n) is 2.52. The van der Waals surface area contributed by atoms with Crippen LogP contribution in [0.1, 0.15) is 28.8 Å². The summed E-state index contributed by atoms with van der Waals surface area (Å²) >= 11 is 0. The van der Waals surface area contributed by atoms with Crippen LogP contribution in [0.2, 0.25) is 0 Å². The van der Waals surface area contributed by atoms with Gasteiger partial charge in [0.15, 0.2) is 0 Å². The van der Waals surface area contributed by atoms with Crippen molar-refractivity contribution in [2.24, 2.45) is 5.41 Å². The molecule has 1 aromatic carbocycles. The van der Waals surface area contributed by atoms with Crippen LogP contribution in [0.3, 0.4) is 0 Å². The highest BCUT2D eigenvalue weighted by Crippen LogP contribution is 2.53. The first kappa shape index (κ1) is 9.70. The molecular weight excluding hydrogens is 202 g/mol. The molecular formula is C13H15NO2. The van der Waals surface area contributed by atoms with Crippen molar-refractivity contribution < 1.29 is 9.90 Å². The third-order valence-electron chi connectivity index (χ3n) is 3.82. The standard InChI is InChI=1S/C13H15NO2/c1-9-6-10(2-3-11(9)12(15)16)14-7-13(8-14)4-5-13/h2-3,6H,4-5,7-8H2,1H3,(H,15,16). The Kier molecular flexibility index (Phi) is 1.82. The molecule has 1 aliphatic carbocycles. The van der Waals surface area contributed by atoms with E-state index >= 15 is 0 Å². The Morgan fingerprint density at radius 3 is 2.56 bits per heavy atom. The lowest BCUT2D eigenvalue weighted by Gasteiger charge is -2.42. The highest BCUT2D eigenvalue weighted by molar-refractivity contribution is 5.90. The summed E-state index contributed by atoms with van der Waals surface area (Å²) in [6, 6.07) is 5.62. The van der Waals surface area contributed by atoms with Crippen molar-refractivity contribution in [2.75, 3.05) is 18.0 Å². The molecule has 0 bridgehead atoms.